The number of amides is 1. The molecule has 0 saturated carbocycles. The molecule has 24 heavy (non-hydrogen) atoms. The Morgan fingerprint density at radius 1 is 1.42 bits per heavy atom. The lowest BCUT2D eigenvalue weighted by molar-refractivity contribution is -0.173. The average Bonchev–Trinajstić information content (AvgIpc) is 3.00. The fourth-order valence-electron chi connectivity index (χ4n) is 3.42. The lowest BCUT2D eigenvalue weighted by atomic mass is 9.84. The number of pyridine rings is 1. The second kappa shape index (κ2) is 5.90. The molecular weight excluding hydrogens is 308 g/mol. The average molecular weight is 328 g/mol. The molecule has 1 amide bonds. The van der Waals surface area contributed by atoms with Crippen molar-refractivity contribution in [3.8, 4) is 5.75 Å². The van der Waals surface area contributed by atoms with Gasteiger partial charge in [0.15, 0.2) is 0 Å². The summed E-state index contributed by atoms with van der Waals surface area (Å²) in [6.45, 7) is 1.86. The van der Waals surface area contributed by atoms with Crippen LogP contribution >= 0.6 is 0 Å². The molecule has 2 aromatic rings. The third kappa shape index (κ3) is 2.87. The molecule has 4 heterocycles. The predicted molar refractivity (Wildman–Crippen MR) is 85.7 cm³/mol. The first-order chi connectivity index (χ1) is 11.6. The van der Waals surface area contributed by atoms with Gasteiger partial charge in [-0.25, -0.2) is 0 Å². The zero-order chi connectivity index (χ0) is 16.6. The Bertz CT molecular complexity index is 724. The minimum atomic E-state index is -0.275. The van der Waals surface area contributed by atoms with Gasteiger partial charge in [-0.05, 0) is 12.1 Å². The monoisotopic (exact) mass is 328 g/mol. The number of aromatic nitrogens is 3. The zero-order valence-electron chi connectivity index (χ0n) is 13.6. The van der Waals surface area contributed by atoms with Crippen LogP contribution in [0.1, 0.15) is 23.2 Å². The van der Waals surface area contributed by atoms with E-state index in [1.165, 1.54) is 0 Å². The van der Waals surface area contributed by atoms with Crippen LogP contribution in [0.15, 0.2) is 36.9 Å². The zero-order valence-corrected chi connectivity index (χ0v) is 13.6. The highest BCUT2D eigenvalue weighted by atomic mass is 16.5. The number of nitrogens with zero attached hydrogens (tertiary/aromatic N) is 4. The smallest absolute Gasteiger partial charge is 0.257 e. The van der Waals surface area contributed by atoms with Gasteiger partial charge in [-0.1, -0.05) is 0 Å². The van der Waals surface area contributed by atoms with Crippen molar-refractivity contribution in [3.05, 3.63) is 42.5 Å². The summed E-state index contributed by atoms with van der Waals surface area (Å²) >= 11 is 0. The maximum Gasteiger partial charge on any atom is 0.257 e. The summed E-state index contributed by atoms with van der Waals surface area (Å²) in [5.74, 6) is 0.787. The number of hydrogen-bond donors (Lipinski definition) is 0. The molecule has 0 radical (unpaired) electrons. The van der Waals surface area contributed by atoms with E-state index in [4.69, 9.17) is 9.47 Å². The molecule has 2 saturated heterocycles. The highest BCUT2D eigenvalue weighted by Gasteiger charge is 2.50. The van der Waals surface area contributed by atoms with Crippen LogP contribution in [0.3, 0.4) is 0 Å². The number of ether oxygens (including phenoxy) is 2. The maximum atomic E-state index is 12.4. The van der Waals surface area contributed by atoms with Gasteiger partial charge in [0.2, 0.25) is 0 Å². The lowest BCUT2D eigenvalue weighted by Crippen LogP contribution is -2.67. The van der Waals surface area contributed by atoms with Gasteiger partial charge in [-0.15, -0.1) is 0 Å². The first-order valence-corrected chi connectivity index (χ1v) is 8.12. The Morgan fingerprint density at radius 3 is 3.00 bits per heavy atom. The predicted octanol–water partition coefficient (Wildman–Crippen LogP) is 1.27. The Morgan fingerprint density at radius 2 is 2.29 bits per heavy atom. The third-order valence-corrected chi connectivity index (χ3v) is 4.58. The molecule has 2 aromatic heterocycles. The number of likely N-dealkylation sites (tertiary alicyclic amines) is 1. The summed E-state index contributed by atoms with van der Waals surface area (Å²) in [5.41, 5.74) is 0.342. The molecule has 0 N–H and O–H groups in total. The summed E-state index contributed by atoms with van der Waals surface area (Å²) in [4.78, 5) is 18.3. The highest BCUT2D eigenvalue weighted by Crippen LogP contribution is 2.36. The van der Waals surface area contributed by atoms with E-state index in [-0.39, 0.29) is 17.6 Å². The van der Waals surface area contributed by atoms with Gasteiger partial charge in [0.25, 0.3) is 5.91 Å². The molecule has 2 fully saturated rings. The van der Waals surface area contributed by atoms with E-state index in [2.05, 4.69) is 10.1 Å². The highest BCUT2D eigenvalue weighted by molar-refractivity contribution is 5.94. The van der Waals surface area contributed by atoms with Gasteiger partial charge in [-0.2, -0.15) is 5.10 Å². The van der Waals surface area contributed by atoms with Crippen molar-refractivity contribution >= 4 is 5.91 Å². The van der Waals surface area contributed by atoms with Gasteiger partial charge < -0.3 is 14.4 Å². The molecule has 0 unspecified atom stereocenters. The minimum Gasteiger partial charge on any atom is -0.489 e. The van der Waals surface area contributed by atoms with Gasteiger partial charge in [-0.3, -0.25) is 14.5 Å². The molecule has 4 rings (SSSR count). The molecule has 7 nitrogen and oxygen atoms in total. The van der Waals surface area contributed by atoms with Crippen LogP contribution in [0.5, 0.6) is 5.75 Å². The van der Waals surface area contributed by atoms with E-state index in [9.17, 15) is 4.79 Å². The Hall–Kier alpha value is -2.41. The molecule has 1 spiro atoms. The lowest BCUT2D eigenvalue weighted by Gasteiger charge is -2.52. The van der Waals surface area contributed by atoms with Crippen molar-refractivity contribution in [2.45, 2.75) is 24.5 Å². The number of hydrogen-bond acceptors (Lipinski definition) is 5. The first kappa shape index (κ1) is 15.1. The van der Waals surface area contributed by atoms with E-state index in [0.717, 1.165) is 18.6 Å². The summed E-state index contributed by atoms with van der Waals surface area (Å²) in [7, 11) is 1.80. The molecule has 1 atom stereocenters. The summed E-state index contributed by atoms with van der Waals surface area (Å²) in [5, 5.41) is 4.05. The first-order valence-electron chi connectivity index (χ1n) is 8.12. The van der Waals surface area contributed by atoms with Crippen LogP contribution < -0.4 is 4.74 Å². The fourth-order valence-corrected chi connectivity index (χ4v) is 3.42. The van der Waals surface area contributed by atoms with Crippen molar-refractivity contribution in [1.29, 1.82) is 0 Å². The standard InChI is InChI=1S/C17H20N4O3/c1-20-10-13(8-19-20)16(22)21-11-17(12-21)7-14(4-6-23-17)24-15-3-2-5-18-9-15/h2-3,5,8-10,14H,4,6-7,11-12H2,1H3/t14-/m0/s1. The van der Waals surface area contributed by atoms with Gasteiger partial charge >= 0.3 is 0 Å². The van der Waals surface area contributed by atoms with Crippen molar-refractivity contribution < 1.29 is 14.3 Å². The Labute approximate surface area is 140 Å². The molecule has 0 aliphatic carbocycles. The van der Waals surface area contributed by atoms with E-state index in [1.807, 2.05) is 17.0 Å². The minimum absolute atomic E-state index is 0.00706. The maximum absolute atomic E-state index is 12.4. The van der Waals surface area contributed by atoms with Gasteiger partial charge in [0.05, 0.1) is 37.7 Å². The van der Waals surface area contributed by atoms with Crippen LogP contribution in [-0.4, -0.2) is 57.0 Å². The van der Waals surface area contributed by atoms with Crippen molar-refractivity contribution in [1.82, 2.24) is 19.7 Å². The quantitative estimate of drug-likeness (QED) is 0.849. The van der Waals surface area contributed by atoms with E-state index < -0.39 is 0 Å². The molecule has 0 aromatic carbocycles. The topological polar surface area (TPSA) is 69.5 Å². The molecular formula is C17H20N4O3. The molecule has 7 heteroatoms. The van der Waals surface area contributed by atoms with Crippen molar-refractivity contribution in [2.24, 2.45) is 7.05 Å². The van der Waals surface area contributed by atoms with Crippen LogP contribution in [-0.2, 0) is 11.8 Å². The van der Waals surface area contributed by atoms with E-state index in [0.29, 0.717) is 25.3 Å². The van der Waals surface area contributed by atoms with E-state index in [1.54, 1.807) is 36.5 Å². The van der Waals surface area contributed by atoms with Gasteiger partial charge in [0.1, 0.15) is 17.5 Å². The molecule has 0 bridgehead atoms. The largest absolute Gasteiger partial charge is 0.489 e. The number of aryl methyl sites for hydroxylation is 1. The number of carbonyl (C=O) groups excluding carboxylic acids is 1. The Kier molecular flexibility index (Phi) is 3.72. The van der Waals surface area contributed by atoms with Crippen LogP contribution in [0.2, 0.25) is 0 Å². The van der Waals surface area contributed by atoms with Gasteiger partial charge in [0, 0.05) is 32.3 Å². The van der Waals surface area contributed by atoms with Crippen LogP contribution in [0.4, 0.5) is 0 Å². The van der Waals surface area contributed by atoms with Crippen LogP contribution in [0, 0.1) is 0 Å². The SMILES string of the molecule is Cn1cc(C(=O)N2CC3(C[C@@H](Oc4cccnc4)CCO3)C2)cn1. The summed E-state index contributed by atoms with van der Waals surface area (Å²) in [6, 6.07) is 3.77. The molecule has 2 aliphatic heterocycles. The molecule has 2 aliphatic rings. The molecule has 126 valence electrons. The fraction of sp³-hybridized carbons (Fsp3) is 0.471. The van der Waals surface area contributed by atoms with Crippen molar-refractivity contribution in [3.63, 3.8) is 0 Å². The second-order valence-electron chi connectivity index (χ2n) is 6.52. The second-order valence-corrected chi connectivity index (χ2v) is 6.52. The number of rotatable bonds is 3. The normalized spacial score (nSPS) is 22.2. The number of carbonyl (C=O) groups is 1. The summed E-state index contributed by atoms with van der Waals surface area (Å²) < 4.78 is 13.6. The summed E-state index contributed by atoms with van der Waals surface area (Å²) in [6.07, 6.45) is 8.53. The van der Waals surface area contributed by atoms with Crippen molar-refractivity contribution in [2.75, 3.05) is 19.7 Å². The van der Waals surface area contributed by atoms with Crippen LogP contribution in [0.25, 0.3) is 0 Å². The Balaban J connectivity index is 1.36. The third-order valence-electron chi connectivity index (χ3n) is 4.58. The van der Waals surface area contributed by atoms with E-state index >= 15 is 0 Å².